The minimum Gasteiger partial charge on any atom is -0.413 e. The van der Waals surface area contributed by atoms with Crippen LogP contribution in [-0.2, 0) is 8.85 Å². The van der Waals surface area contributed by atoms with Crippen molar-refractivity contribution >= 4 is 16.6 Å². The zero-order chi connectivity index (χ0) is 35.1. The first kappa shape index (κ1) is 46.3. The van der Waals surface area contributed by atoms with Crippen LogP contribution in [0, 0.1) is 0 Å². The van der Waals surface area contributed by atoms with Gasteiger partial charge in [-0.05, 0) is 49.1 Å². The number of rotatable bonds is 30. The summed E-state index contributed by atoms with van der Waals surface area (Å²) >= 11 is 0. The molecule has 278 valence electrons. The lowest BCUT2D eigenvalue weighted by molar-refractivity contribution is -0.130. The summed E-state index contributed by atoms with van der Waals surface area (Å²) in [5, 5.41) is 13.3. The van der Waals surface area contributed by atoms with E-state index in [9.17, 15) is 5.21 Å². The van der Waals surface area contributed by atoms with Crippen molar-refractivity contribution in [1.82, 2.24) is 5.06 Å². The molecule has 4 nitrogen and oxygen atoms in total. The van der Waals surface area contributed by atoms with E-state index in [-0.39, 0.29) is 22.3 Å². The van der Waals surface area contributed by atoms with Crippen molar-refractivity contribution in [3.8, 4) is 0 Å². The molecule has 0 fully saturated rings. The van der Waals surface area contributed by atoms with E-state index < -0.39 is 16.6 Å². The van der Waals surface area contributed by atoms with Gasteiger partial charge in [-0.15, -0.1) is 0 Å². The molecule has 0 aliphatic heterocycles. The average molecular weight is 686 g/mol. The summed E-state index contributed by atoms with van der Waals surface area (Å²) in [5.74, 6) is 0. The van der Waals surface area contributed by atoms with Crippen LogP contribution in [0.4, 0.5) is 0 Å². The molecule has 0 spiro atoms. The Labute approximate surface area is 293 Å². The maximum Gasteiger partial charge on any atom is 0.192 e. The molecule has 0 saturated carbocycles. The molecule has 0 aromatic rings. The van der Waals surface area contributed by atoms with E-state index in [1.165, 1.54) is 128 Å². The van der Waals surface area contributed by atoms with Gasteiger partial charge in [0, 0.05) is 13.1 Å². The first-order chi connectivity index (χ1) is 21.5. The molecule has 0 aromatic carbocycles. The van der Waals surface area contributed by atoms with E-state index in [0.717, 1.165) is 12.8 Å². The predicted octanol–water partition coefficient (Wildman–Crippen LogP) is 14.1. The Morgan fingerprint density at radius 1 is 0.457 bits per heavy atom. The fraction of sp³-hybridized carbons (Fsp3) is 1.00. The monoisotopic (exact) mass is 686 g/mol. The number of unbranched alkanes of at least 4 members (excludes halogenated alkanes) is 18. The highest BCUT2D eigenvalue weighted by Crippen LogP contribution is 2.39. The van der Waals surface area contributed by atoms with Gasteiger partial charge >= 0.3 is 0 Å². The summed E-state index contributed by atoms with van der Waals surface area (Å²) in [6.07, 6.45) is 29.1. The van der Waals surface area contributed by atoms with Crippen molar-refractivity contribution in [3.05, 3.63) is 0 Å². The highest BCUT2D eigenvalue weighted by molar-refractivity contribution is 6.74. The zero-order valence-corrected chi connectivity index (χ0v) is 35.8. The van der Waals surface area contributed by atoms with Crippen molar-refractivity contribution in [1.29, 1.82) is 0 Å². The number of hydrogen-bond acceptors (Lipinski definition) is 4. The van der Waals surface area contributed by atoms with Crippen molar-refractivity contribution in [2.45, 2.75) is 245 Å². The van der Waals surface area contributed by atoms with Crippen molar-refractivity contribution in [2.75, 3.05) is 13.1 Å². The predicted molar refractivity (Wildman–Crippen MR) is 210 cm³/mol. The molecular weight excluding hydrogens is 599 g/mol. The van der Waals surface area contributed by atoms with Crippen LogP contribution >= 0.6 is 0 Å². The molecule has 0 aromatic heterocycles. The third-order valence-corrected chi connectivity index (χ3v) is 20.2. The molecule has 2 atom stereocenters. The lowest BCUT2D eigenvalue weighted by Crippen LogP contribution is -2.49. The minimum absolute atomic E-state index is 0.0748. The lowest BCUT2D eigenvalue weighted by atomic mass is 10.0. The van der Waals surface area contributed by atoms with Crippen molar-refractivity contribution < 1.29 is 14.1 Å². The highest BCUT2D eigenvalue weighted by Gasteiger charge is 2.41. The van der Waals surface area contributed by atoms with Crippen LogP contribution in [0.1, 0.15) is 197 Å². The van der Waals surface area contributed by atoms with E-state index in [2.05, 4.69) is 81.6 Å². The summed E-state index contributed by atoms with van der Waals surface area (Å²) in [6.45, 7) is 29.1. The maximum absolute atomic E-state index is 11.4. The number of hydrogen-bond donors (Lipinski definition) is 1. The Balaban J connectivity index is 5.10. The Kier molecular flexibility index (Phi) is 25.4. The van der Waals surface area contributed by atoms with Crippen LogP contribution in [0.25, 0.3) is 0 Å². The molecule has 6 heteroatoms. The number of nitrogens with zero attached hydrogens (tertiary/aromatic N) is 1. The molecule has 1 N–H and O–H groups in total. The Bertz CT molecular complexity index is 644. The van der Waals surface area contributed by atoms with Gasteiger partial charge in [-0.3, -0.25) is 0 Å². The van der Waals surface area contributed by atoms with Gasteiger partial charge in [0.1, 0.15) is 0 Å². The lowest BCUT2D eigenvalue weighted by Gasteiger charge is -2.41. The van der Waals surface area contributed by atoms with E-state index in [1.54, 1.807) is 5.06 Å². The second kappa shape index (κ2) is 25.3. The maximum atomic E-state index is 11.4. The summed E-state index contributed by atoms with van der Waals surface area (Å²) in [6, 6.07) is 0. The molecule has 0 saturated heterocycles. The van der Waals surface area contributed by atoms with Crippen LogP contribution in [0.3, 0.4) is 0 Å². The van der Waals surface area contributed by atoms with Crippen LogP contribution in [0.5, 0.6) is 0 Å². The van der Waals surface area contributed by atoms with Crippen LogP contribution in [0.2, 0.25) is 36.3 Å². The van der Waals surface area contributed by atoms with Crippen LogP contribution in [0.15, 0.2) is 0 Å². The van der Waals surface area contributed by atoms with Gasteiger partial charge in [-0.25, -0.2) is 0 Å². The third-order valence-electron chi connectivity index (χ3n) is 11.1. The normalized spacial score (nSPS) is 14.7. The topological polar surface area (TPSA) is 41.9 Å². The van der Waals surface area contributed by atoms with Gasteiger partial charge in [0.25, 0.3) is 0 Å². The van der Waals surface area contributed by atoms with E-state index in [4.69, 9.17) is 8.85 Å². The molecule has 0 aliphatic carbocycles. The average Bonchev–Trinajstić information content (AvgIpc) is 2.93. The summed E-state index contributed by atoms with van der Waals surface area (Å²) < 4.78 is 13.9. The smallest absolute Gasteiger partial charge is 0.192 e. The largest absolute Gasteiger partial charge is 0.413 e. The molecular formula is C40H87NO3Si2. The van der Waals surface area contributed by atoms with Gasteiger partial charge in [-0.1, -0.05) is 184 Å². The standard InChI is InChI=1S/C40H87NO3Si2/c1-13-15-17-19-21-23-25-27-29-31-33-37(43-45(9,10)39(3,4)5)35-41(42)36-38(44-46(11,12)40(6,7)8)34-32-30-28-26-24-22-20-18-16-14-2/h37-38,42H,13-36H2,1-12H3. The van der Waals surface area contributed by atoms with Gasteiger partial charge in [-0.2, -0.15) is 5.06 Å². The van der Waals surface area contributed by atoms with Crippen LogP contribution < -0.4 is 0 Å². The van der Waals surface area contributed by atoms with E-state index in [0.29, 0.717) is 13.1 Å². The Morgan fingerprint density at radius 3 is 0.935 bits per heavy atom. The minimum atomic E-state index is -1.94. The van der Waals surface area contributed by atoms with Crippen molar-refractivity contribution in [3.63, 3.8) is 0 Å². The van der Waals surface area contributed by atoms with E-state index in [1.807, 2.05) is 0 Å². The summed E-state index contributed by atoms with van der Waals surface area (Å²) in [7, 11) is -3.89. The van der Waals surface area contributed by atoms with Gasteiger partial charge in [0.15, 0.2) is 16.6 Å². The van der Waals surface area contributed by atoms with E-state index >= 15 is 0 Å². The fourth-order valence-corrected chi connectivity index (χ4v) is 8.58. The molecule has 0 bridgehead atoms. The Morgan fingerprint density at radius 2 is 0.696 bits per heavy atom. The summed E-state index contributed by atoms with van der Waals surface area (Å²) in [4.78, 5) is 0. The second-order valence-corrected chi connectivity index (χ2v) is 27.3. The van der Waals surface area contributed by atoms with Gasteiger partial charge in [0.2, 0.25) is 0 Å². The molecule has 0 amide bonds. The zero-order valence-electron chi connectivity index (χ0n) is 33.8. The highest BCUT2D eigenvalue weighted by atomic mass is 28.4. The first-order valence-corrected chi connectivity index (χ1v) is 26.1. The third kappa shape index (κ3) is 22.8. The fourth-order valence-electron chi connectivity index (χ4n) is 5.83. The molecule has 46 heavy (non-hydrogen) atoms. The van der Waals surface area contributed by atoms with Gasteiger partial charge < -0.3 is 14.1 Å². The first-order valence-electron chi connectivity index (χ1n) is 20.3. The van der Waals surface area contributed by atoms with Gasteiger partial charge in [0.05, 0.1) is 12.2 Å². The molecule has 0 heterocycles. The number of hydroxylamine groups is 2. The molecule has 0 radical (unpaired) electrons. The molecule has 2 unspecified atom stereocenters. The second-order valence-electron chi connectivity index (χ2n) is 17.8. The Hall–Kier alpha value is 0.274. The summed E-state index contributed by atoms with van der Waals surface area (Å²) in [5.41, 5.74) is 0. The van der Waals surface area contributed by atoms with Crippen LogP contribution in [-0.4, -0.2) is 52.2 Å². The SMILES string of the molecule is CCCCCCCCCCCCC(CN(O)CC(CCCCCCCCCCCC)O[Si](C)(C)C(C)(C)C)O[Si](C)(C)C(C)(C)C. The molecule has 0 rings (SSSR count). The quantitative estimate of drug-likeness (QED) is 0.0464. The van der Waals surface area contributed by atoms with Crippen molar-refractivity contribution in [2.24, 2.45) is 0 Å². The molecule has 0 aliphatic rings.